The number of sulfone groups is 1. The van der Waals surface area contributed by atoms with Crippen LogP contribution < -0.4 is 10.0 Å². The first-order valence-electron chi connectivity index (χ1n) is 19.7. The van der Waals surface area contributed by atoms with Gasteiger partial charge in [-0.3, -0.25) is 18.9 Å². The Balaban J connectivity index is 1.53. The van der Waals surface area contributed by atoms with Gasteiger partial charge in [-0.2, -0.15) is 45.3 Å². The molecule has 0 bridgehead atoms. The molecule has 0 radical (unpaired) electrons. The van der Waals surface area contributed by atoms with Gasteiger partial charge in [0.25, 0.3) is 5.92 Å². The molecule has 354 valence electrons. The fourth-order valence-corrected chi connectivity index (χ4v) is 9.07. The third-order valence-corrected chi connectivity index (χ3v) is 13.9. The minimum Gasteiger partial charge on any atom is -0.346 e. The van der Waals surface area contributed by atoms with Crippen molar-refractivity contribution >= 4 is 54.1 Å². The zero-order chi connectivity index (χ0) is 48.7. The molecule has 66 heavy (non-hydrogen) atoms. The van der Waals surface area contributed by atoms with E-state index in [0.29, 0.717) is 34.6 Å². The van der Waals surface area contributed by atoms with Crippen LogP contribution in [0.25, 0.3) is 22.0 Å². The molecule has 0 unspecified atom stereocenters. The summed E-state index contributed by atoms with van der Waals surface area (Å²) in [6, 6.07) is 3.04. The molecule has 2 N–H and O–H groups in total. The summed E-state index contributed by atoms with van der Waals surface area (Å²) in [5.74, 6) is -2.47. The highest BCUT2D eigenvalue weighted by atomic mass is 35.5. The highest BCUT2D eigenvalue weighted by Gasteiger charge is 2.50. The molecule has 0 saturated heterocycles. The number of alkyl halides is 8. The zero-order valence-electron chi connectivity index (χ0n) is 34.9. The molecule has 2 aromatic carbocycles. The van der Waals surface area contributed by atoms with Gasteiger partial charge in [0.05, 0.1) is 33.9 Å². The monoisotopic (exact) mass is 995 g/mol. The number of nitrogens with zero attached hydrogens (tertiary/aromatic N) is 5. The summed E-state index contributed by atoms with van der Waals surface area (Å²) < 4.78 is 196. The molecule has 0 aliphatic heterocycles. The summed E-state index contributed by atoms with van der Waals surface area (Å²) in [6.45, 7) is -0.457. The third kappa shape index (κ3) is 9.83. The smallest absolute Gasteiger partial charge is 0.346 e. The number of sulfonamides is 1. The van der Waals surface area contributed by atoms with E-state index in [-0.39, 0.29) is 56.0 Å². The first kappa shape index (κ1) is 48.5. The maximum atomic E-state index is 15.2. The molecule has 0 fully saturated rings. The zero-order valence-corrected chi connectivity index (χ0v) is 37.3. The van der Waals surface area contributed by atoms with Crippen LogP contribution in [-0.4, -0.2) is 70.7 Å². The Bertz CT molecular complexity index is 3100. The average Bonchev–Trinajstić information content (AvgIpc) is 3.93. The van der Waals surface area contributed by atoms with Gasteiger partial charge in [-0.1, -0.05) is 23.6 Å². The van der Waals surface area contributed by atoms with E-state index in [4.69, 9.17) is 16.6 Å². The van der Waals surface area contributed by atoms with Crippen LogP contribution in [0.5, 0.6) is 0 Å². The standard InChI is InChI=1S/C41H36ClF10N7O5S2/c1-38(2,65(3,61)62)12-11-28-23-6-5-7-24(23)31(25-8-9-27(42)32-34(25)59(19-40(47,48)49)56-37(32)57-66(4,63)64)33(54-28)29(16-20-14-21(43)17-22(44)15-20)53-30(60)18-58-36-26(10-13-39(36,45)46)35(55-58)41(50,51)52/h8-9,14-15,17,29H,5-7,10,13,16,18-19H2,1-4H3,(H,53,60)(H,56,57)/t29-/m0/s1. The van der Waals surface area contributed by atoms with E-state index in [1.54, 1.807) is 0 Å². The number of amides is 1. The van der Waals surface area contributed by atoms with Crippen LogP contribution in [0.4, 0.5) is 49.7 Å². The lowest BCUT2D eigenvalue weighted by molar-refractivity contribution is -0.142. The second-order valence-electron chi connectivity index (χ2n) is 16.5. The molecule has 7 rings (SSSR count). The number of hydrogen-bond acceptors (Lipinski definition) is 8. The van der Waals surface area contributed by atoms with Crippen molar-refractivity contribution in [3.63, 3.8) is 0 Å². The van der Waals surface area contributed by atoms with Crippen molar-refractivity contribution in [1.82, 2.24) is 29.9 Å². The van der Waals surface area contributed by atoms with Crippen molar-refractivity contribution in [2.45, 2.75) is 94.5 Å². The van der Waals surface area contributed by atoms with E-state index in [2.05, 4.69) is 32.1 Å². The van der Waals surface area contributed by atoms with Gasteiger partial charge in [0.2, 0.25) is 15.9 Å². The quantitative estimate of drug-likeness (QED) is 0.0997. The largest absolute Gasteiger partial charge is 0.435 e. The fraction of sp³-hybridized carbons (Fsp3) is 0.415. The minimum absolute atomic E-state index is 0.0423. The van der Waals surface area contributed by atoms with E-state index < -0.39 is 127 Å². The van der Waals surface area contributed by atoms with E-state index in [1.807, 2.05) is 0 Å². The lowest BCUT2D eigenvalue weighted by Crippen LogP contribution is -2.35. The summed E-state index contributed by atoms with van der Waals surface area (Å²) in [5, 5.41) is 9.19. The molecular formula is C41H36ClF10N7O5S2. The highest BCUT2D eigenvalue weighted by Crippen LogP contribution is 2.48. The SMILES string of the molecule is CC(C)(C#Cc1nc([C@H](Cc2cc(F)cc(F)c2)NC(=O)Cn2nc(C(F)(F)F)c3c2C(F)(F)CC3)c(-c2ccc(Cl)c3c(NS(C)(=O)=O)nn(CC(F)(F)F)c23)c2c1CCC2)S(C)(=O)=O. The van der Waals surface area contributed by atoms with Crippen molar-refractivity contribution in [2.24, 2.45) is 0 Å². The Morgan fingerprint density at radius 2 is 1.58 bits per heavy atom. The van der Waals surface area contributed by atoms with Crippen molar-refractivity contribution in [3.8, 4) is 23.0 Å². The van der Waals surface area contributed by atoms with Gasteiger partial charge in [0.1, 0.15) is 40.9 Å². The van der Waals surface area contributed by atoms with Crippen LogP contribution in [0.15, 0.2) is 30.3 Å². The molecule has 0 saturated carbocycles. The summed E-state index contributed by atoms with van der Waals surface area (Å²) in [4.78, 5) is 18.9. The second kappa shape index (κ2) is 16.7. The molecule has 5 aromatic rings. The van der Waals surface area contributed by atoms with Crippen molar-refractivity contribution in [1.29, 1.82) is 0 Å². The number of aromatic nitrogens is 5. The molecule has 0 spiro atoms. The van der Waals surface area contributed by atoms with Gasteiger partial charge in [0, 0.05) is 35.4 Å². The van der Waals surface area contributed by atoms with Crippen molar-refractivity contribution in [3.05, 3.63) is 92.0 Å². The highest BCUT2D eigenvalue weighted by molar-refractivity contribution is 7.92. The summed E-state index contributed by atoms with van der Waals surface area (Å²) >= 11 is 6.56. The molecule has 25 heteroatoms. The van der Waals surface area contributed by atoms with Crippen LogP contribution in [0, 0.1) is 23.5 Å². The maximum absolute atomic E-state index is 15.2. The number of carbonyl (C=O) groups excluding carboxylic acids is 1. The second-order valence-corrected chi connectivity index (χ2v) is 21.2. The van der Waals surface area contributed by atoms with Gasteiger partial charge in [-0.15, -0.1) is 0 Å². The number of benzene rings is 2. The maximum Gasteiger partial charge on any atom is 0.435 e. The van der Waals surface area contributed by atoms with Gasteiger partial charge >= 0.3 is 12.4 Å². The number of rotatable bonds is 11. The lowest BCUT2D eigenvalue weighted by Gasteiger charge is -2.25. The lowest BCUT2D eigenvalue weighted by atomic mass is 9.88. The summed E-state index contributed by atoms with van der Waals surface area (Å²) in [6.07, 6.45) is -10.2. The van der Waals surface area contributed by atoms with Gasteiger partial charge in [-0.25, -0.2) is 30.6 Å². The Morgan fingerprint density at radius 3 is 2.18 bits per heavy atom. The predicted octanol–water partition coefficient (Wildman–Crippen LogP) is 7.98. The van der Waals surface area contributed by atoms with Crippen molar-refractivity contribution < 1.29 is 65.5 Å². The summed E-state index contributed by atoms with van der Waals surface area (Å²) in [5.41, 5.74) is -4.07. The minimum atomic E-state index is -5.19. The number of pyridine rings is 1. The van der Waals surface area contributed by atoms with Crippen LogP contribution >= 0.6 is 11.6 Å². The number of fused-ring (bicyclic) bond motifs is 3. The first-order chi connectivity index (χ1) is 30.3. The Kier molecular flexibility index (Phi) is 12.3. The molecule has 1 atom stereocenters. The molecule has 1 amide bonds. The Hall–Kier alpha value is -5.41. The fourth-order valence-electron chi connectivity index (χ4n) is 8.10. The molecule has 3 aromatic heterocycles. The first-order valence-corrected chi connectivity index (χ1v) is 23.8. The van der Waals surface area contributed by atoms with E-state index >= 15 is 8.78 Å². The van der Waals surface area contributed by atoms with E-state index in [9.17, 15) is 56.8 Å². The third-order valence-electron chi connectivity index (χ3n) is 11.1. The van der Waals surface area contributed by atoms with E-state index in [0.717, 1.165) is 18.4 Å². The molecule has 3 heterocycles. The molecule has 12 nitrogen and oxygen atoms in total. The molecular weight excluding hydrogens is 960 g/mol. The summed E-state index contributed by atoms with van der Waals surface area (Å²) in [7, 11) is -8.08. The number of carbonyl (C=O) groups is 1. The van der Waals surface area contributed by atoms with Crippen LogP contribution in [-0.2, 0) is 75.5 Å². The Labute approximate surface area is 375 Å². The topological polar surface area (TPSA) is 158 Å². The normalized spacial score (nSPS) is 15.6. The average molecular weight is 996 g/mol. The van der Waals surface area contributed by atoms with Gasteiger partial charge in [0.15, 0.2) is 21.3 Å². The van der Waals surface area contributed by atoms with Crippen molar-refractivity contribution in [2.75, 3.05) is 17.2 Å². The molecule has 2 aliphatic rings. The number of hydrogen-bond donors (Lipinski definition) is 2. The van der Waals surface area contributed by atoms with Crippen LogP contribution in [0.2, 0.25) is 5.02 Å². The molecule has 2 aliphatic carbocycles. The van der Waals surface area contributed by atoms with Gasteiger partial charge < -0.3 is 5.32 Å². The van der Waals surface area contributed by atoms with Crippen LogP contribution in [0.1, 0.15) is 77.8 Å². The van der Waals surface area contributed by atoms with Crippen LogP contribution in [0.3, 0.4) is 0 Å². The predicted molar refractivity (Wildman–Crippen MR) is 221 cm³/mol. The van der Waals surface area contributed by atoms with Gasteiger partial charge in [-0.05, 0) is 86.8 Å². The number of halogens is 11. The number of anilines is 1. The Morgan fingerprint density at radius 1 is 0.924 bits per heavy atom. The van der Waals surface area contributed by atoms with E-state index in [1.165, 1.54) is 26.0 Å². The number of nitrogens with one attached hydrogen (secondary N) is 2.